The summed E-state index contributed by atoms with van der Waals surface area (Å²) in [6.07, 6.45) is -1.96. The quantitative estimate of drug-likeness (QED) is 0.742. The molecule has 0 unspecified atom stereocenters. The van der Waals surface area contributed by atoms with E-state index in [0.717, 1.165) is 18.2 Å². The highest BCUT2D eigenvalue weighted by molar-refractivity contribution is 7.89. The van der Waals surface area contributed by atoms with E-state index >= 15 is 0 Å². The van der Waals surface area contributed by atoms with Gasteiger partial charge in [-0.2, -0.15) is 13.2 Å². The normalized spacial score (nSPS) is 16.0. The molecule has 1 fully saturated rings. The van der Waals surface area contributed by atoms with Crippen LogP contribution >= 0.6 is 0 Å². The summed E-state index contributed by atoms with van der Waals surface area (Å²) in [7, 11) is -4.19. The van der Waals surface area contributed by atoms with E-state index in [9.17, 15) is 21.6 Å². The first-order chi connectivity index (χ1) is 10.3. The van der Waals surface area contributed by atoms with Gasteiger partial charge in [-0.25, -0.2) is 13.1 Å². The molecule has 0 spiro atoms. The number of alkyl halides is 3. The zero-order valence-corrected chi connectivity index (χ0v) is 12.7. The van der Waals surface area contributed by atoms with Gasteiger partial charge in [-0.3, -0.25) is 0 Å². The van der Waals surface area contributed by atoms with Gasteiger partial charge in [-0.1, -0.05) is 12.1 Å². The third-order valence-corrected chi connectivity index (χ3v) is 4.81. The van der Waals surface area contributed by atoms with Gasteiger partial charge in [0.15, 0.2) is 0 Å². The monoisotopic (exact) mass is 337 g/mol. The molecule has 0 saturated heterocycles. The van der Waals surface area contributed by atoms with Crippen LogP contribution in [-0.2, 0) is 20.9 Å². The second-order valence-corrected chi connectivity index (χ2v) is 7.00. The zero-order valence-electron chi connectivity index (χ0n) is 11.9. The lowest BCUT2D eigenvalue weighted by atomic mass is 10.2. The number of rotatable bonds is 8. The van der Waals surface area contributed by atoms with Crippen LogP contribution in [0, 0.1) is 5.92 Å². The van der Waals surface area contributed by atoms with E-state index in [2.05, 4.69) is 4.72 Å². The Bertz CT molecular complexity index is 598. The van der Waals surface area contributed by atoms with Gasteiger partial charge >= 0.3 is 6.18 Å². The summed E-state index contributed by atoms with van der Waals surface area (Å²) in [6, 6.07) is 4.14. The highest BCUT2D eigenvalue weighted by Crippen LogP contribution is 2.33. The van der Waals surface area contributed by atoms with Crippen molar-refractivity contribution in [3.63, 3.8) is 0 Å². The average molecular weight is 337 g/mol. The summed E-state index contributed by atoms with van der Waals surface area (Å²) in [4.78, 5) is -0.749. The molecule has 22 heavy (non-hydrogen) atoms. The number of sulfonamides is 1. The molecule has 0 radical (unpaired) electrons. The highest BCUT2D eigenvalue weighted by Gasteiger charge is 2.36. The summed E-state index contributed by atoms with van der Waals surface area (Å²) < 4.78 is 70.0. The van der Waals surface area contributed by atoms with Crippen molar-refractivity contribution in [1.29, 1.82) is 0 Å². The highest BCUT2D eigenvalue weighted by atomic mass is 32.2. The van der Waals surface area contributed by atoms with Gasteiger partial charge in [0.25, 0.3) is 0 Å². The minimum atomic E-state index is -4.71. The SMILES string of the molecule is O=S(=O)(NCCCOCC1CC1)c1ccccc1C(F)(F)F. The predicted octanol–water partition coefficient (Wildman–Crippen LogP) is 2.80. The molecule has 1 aliphatic rings. The Morgan fingerprint density at radius 2 is 1.91 bits per heavy atom. The first-order valence-corrected chi connectivity index (χ1v) is 8.52. The molecule has 1 aromatic rings. The van der Waals surface area contributed by atoms with Gasteiger partial charge in [-0.05, 0) is 37.3 Å². The van der Waals surface area contributed by atoms with Crippen LogP contribution in [0.1, 0.15) is 24.8 Å². The van der Waals surface area contributed by atoms with Crippen LogP contribution in [0.5, 0.6) is 0 Å². The van der Waals surface area contributed by atoms with Gasteiger partial charge < -0.3 is 4.74 Å². The Kier molecular flexibility index (Phi) is 5.46. The molecule has 0 amide bonds. The van der Waals surface area contributed by atoms with Crippen molar-refractivity contribution in [2.24, 2.45) is 5.92 Å². The number of nitrogens with one attached hydrogen (secondary N) is 1. The lowest BCUT2D eigenvalue weighted by Crippen LogP contribution is -2.28. The van der Waals surface area contributed by atoms with Crippen molar-refractivity contribution in [2.45, 2.75) is 30.3 Å². The molecule has 0 heterocycles. The molecule has 8 heteroatoms. The minimum absolute atomic E-state index is 0.0409. The van der Waals surface area contributed by atoms with Crippen LogP contribution in [0.4, 0.5) is 13.2 Å². The fourth-order valence-corrected chi connectivity index (χ4v) is 3.23. The van der Waals surface area contributed by atoms with Crippen molar-refractivity contribution < 1.29 is 26.3 Å². The van der Waals surface area contributed by atoms with E-state index in [1.165, 1.54) is 18.9 Å². The Balaban J connectivity index is 1.89. The van der Waals surface area contributed by atoms with Crippen LogP contribution in [0.25, 0.3) is 0 Å². The molecule has 0 bridgehead atoms. The van der Waals surface area contributed by atoms with Crippen molar-refractivity contribution in [1.82, 2.24) is 4.72 Å². The van der Waals surface area contributed by atoms with Crippen molar-refractivity contribution >= 4 is 10.0 Å². The molecule has 0 aromatic heterocycles. The zero-order chi connectivity index (χ0) is 16.2. The Morgan fingerprint density at radius 1 is 1.23 bits per heavy atom. The van der Waals surface area contributed by atoms with E-state index in [1.807, 2.05) is 0 Å². The third-order valence-electron chi connectivity index (χ3n) is 3.29. The number of hydrogen-bond acceptors (Lipinski definition) is 3. The molecule has 124 valence electrons. The van der Waals surface area contributed by atoms with Crippen molar-refractivity contribution in [3.05, 3.63) is 29.8 Å². The maximum absolute atomic E-state index is 12.8. The molecule has 4 nitrogen and oxygen atoms in total. The minimum Gasteiger partial charge on any atom is -0.381 e. The second-order valence-electron chi connectivity index (χ2n) is 5.26. The number of benzene rings is 1. The maximum atomic E-state index is 12.8. The molecule has 2 rings (SSSR count). The smallest absolute Gasteiger partial charge is 0.381 e. The standard InChI is InChI=1S/C14H18F3NO3S/c15-14(16,17)12-4-1-2-5-13(12)22(19,20)18-8-3-9-21-10-11-6-7-11/h1-2,4-5,11,18H,3,6-10H2. The first kappa shape index (κ1) is 17.2. The third kappa shape index (κ3) is 4.96. The fourth-order valence-electron chi connectivity index (χ4n) is 1.93. The van der Waals surface area contributed by atoms with E-state index in [4.69, 9.17) is 4.74 Å². The molecular formula is C14H18F3NO3S. The van der Waals surface area contributed by atoms with Crippen LogP contribution in [0.2, 0.25) is 0 Å². The fraction of sp³-hybridized carbons (Fsp3) is 0.571. The summed E-state index contributed by atoms with van der Waals surface area (Å²) >= 11 is 0. The van der Waals surface area contributed by atoms with Gasteiger partial charge in [0.1, 0.15) is 0 Å². The summed E-state index contributed by atoms with van der Waals surface area (Å²) in [6.45, 7) is 1.10. The molecular weight excluding hydrogens is 319 g/mol. The molecule has 1 aliphatic carbocycles. The number of halogens is 3. The van der Waals surface area contributed by atoms with Crippen molar-refractivity contribution in [3.8, 4) is 0 Å². The summed E-state index contributed by atoms with van der Waals surface area (Å²) in [5, 5.41) is 0. The largest absolute Gasteiger partial charge is 0.417 e. The Morgan fingerprint density at radius 3 is 2.55 bits per heavy atom. The first-order valence-electron chi connectivity index (χ1n) is 7.04. The summed E-state index contributed by atoms with van der Waals surface area (Å²) in [5.74, 6) is 0.621. The second kappa shape index (κ2) is 6.97. The van der Waals surface area contributed by atoms with Crippen LogP contribution in [0.15, 0.2) is 29.2 Å². The molecule has 0 atom stereocenters. The van der Waals surface area contributed by atoms with E-state index in [1.54, 1.807) is 0 Å². The van der Waals surface area contributed by atoms with Crippen molar-refractivity contribution in [2.75, 3.05) is 19.8 Å². The van der Waals surface area contributed by atoms with Gasteiger partial charge in [-0.15, -0.1) is 0 Å². The summed E-state index contributed by atoms with van der Waals surface area (Å²) in [5.41, 5.74) is -1.16. The van der Waals surface area contributed by atoms with Gasteiger partial charge in [0.2, 0.25) is 10.0 Å². The topological polar surface area (TPSA) is 55.4 Å². The number of ether oxygens (including phenoxy) is 1. The average Bonchev–Trinajstić information content (AvgIpc) is 3.26. The maximum Gasteiger partial charge on any atom is 0.417 e. The lowest BCUT2D eigenvalue weighted by Gasteiger charge is -2.13. The Labute approximate surface area is 127 Å². The van der Waals surface area contributed by atoms with E-state index in [0.29, 0.717) is 25.6 Å². The molecule has 1 saturated carbocycles. The van der Waals surface area contributed by atoms with E-state index < -0.39 is 26.7 Å². The van der Waals surface area contributed by atoms with Gasteiger partial charge in [0, 0.05) is 19.8 Å². The lowest BCUT2D eigenvalue weighted by molar-refractivity contribution is -0.139. The predicted molar refractivity (Wildman–Crippen MR) is 74.8 cm³/mol. The van der Waals surface area contributed by atoms with Crippen LogP contribution in [0.3, 0.4) is 0 Å². The van der Waals surface area contributed by atoms with Crippen LogP contribution in [-0.4, -0.2) is 28.2 Å². The molecule has 1 N–H and O–H groups in total. The number of hydrogen-bond donors (Lipinski definition) is 1. The molecule has 0 aliphatic heterocycles. The van der Waals surface area contributed by atoms with Crippen LogP contribution < -0.4 is 4.72 Å². The van der Waals surface area contributed by atoms with Gasteiger partial charge in [0.05, 0.1) is 10.5 Å². The Hall–Kier alpha value is -1.12. The van der Waals surface area contributed by atoms with E-state index in [-0.39, 0.29) is 6.54 Å². The molecule has 1 aromatic carbocycles.